The molecule has 4 nitrogen and oxygen atoms in total. The van der Waals surface area contributed by atoms with Crippen molar-refractivity contribution in [1.82, 2.24) is 5.32 Å². The normalized spacial score (nSPS) is 13.0. The molecule has 25 heavy (non-hydrogen) atoms. The van der Waals surface area contributed by atoms with E-state index in [4.69, 9.17) is 4.74 Å². The lowest BCUT2D eigenvalue weighted by molar-refractivity contribution is -0.130. The third-order valence-electron chi connectivity index (χ3n) is 3.86. The molecule has 1 amide bonds. The highest BCUT2D eigenvalue weighted by Crippen LogP contribution is 2.24. The van der Waals surface area contributed by atoms with Crippen LogP contribution in [0.5, 0.6) is 5.75 Å². The van der Waals surface area contributed by atoms with Crippen LogP contribution in [0.25, 0.3) is 0 Å². The number of benzene rings is 2. The summed E-state index contributed by atoms with van der Waals surface area (Å²) >= 11 is 3.51. The summed E-state index contributed by atoms with van der Waals surface area (Å²) < 4.78 is 6.82. The van der Waals surface area contributed by atoms with E-state index in [9.17, 15) is 10.1 Å². The highest BCUT2D eigenvalue weighted by atomic mass is 79.9. The zero-order chi connectivity index (χ0) is 18.4. The maximum absolute atomic E-state index is 12.7. The average molecular weight is 401 g/mol. The number of carbonyl (C=O) groups excluding carboxylic acids is 1. The van der Waals surface area contributed by atoms with Crippen LogP contribution in [-0.4, -0.2) is 12.0 Å². The average Bonchev–Trinajstić information content (AvgIpc) is 2.59. The maximum Gasteiger partial charge on any atom is 0.261 e. The number of rotatable bonds is 6. The van der Waals surface area contributed by atoms with Crippen LogP contribution in [0.2, 0.25) is 0 Å². The summed E-state index contributed by atoms with van der Waals surface area (Å²) in [6.07, 6.45) is -0.681. The highest BCUT2D eigenvalue weighted by molar-refractivity contribution is 9.10. The first kappa shape index (κ1) is 19.0. The first-order chi connectivity index (χ1) is 11.9. The molecule has 130 valence electrons. The van der Waals surface area contributed by atoms with Crippen LogP contribution in [0.4, 0.5) is 0 Å². The molecule has 5 heteroatoms. The first-order valence-electron chi connectivity index (χ1n) is 8.14. The van der Waals surface area contributed by atoms with Crippen LogP contribution in [0.1, 0.15) is 37.9 Å². The Kier molecular flexibility index (Phi) is 6.60. The van der Waals surface area contributed by atoms with Crippen molar-refractivity contribution in [2.24, 2.45) is 5.92 Å². The van der Waals surface area contributed by atoms with Crippen LogP contribution in [0.15, 0.2) is 53.0 Å². The SMILES string of the molecule is CC(NC(=O)C(Oc1ccccc1C#N)C(C)C)c1ccccc1Br. The number of para-hydroxylation sites is 1. The van der Waals surface area contributed by atoms with Gasteiger partial charge in [-0.2, -0.15) is 5.26 Å². The Labute approximate surface area is 156 Å². The van der Waals surface area contributed by atoms with Crippen molar-refractivity contribution in [3.8, 4) is 11.8 Å². The summed E-state index contributed by atoms with van der Waals surface area (Å²) in [6, 6.07) is 16.6. The lowest BCUT2D eigenvalue weighted by atomic mass is 10.0. The van der Waals surface area contributed by atoms with Gasteiger partial charge in [-0.25, -0.2) is 0 Å². The molecule has 2 aromatic rings. The van der Waals surface area contributed by atoms with Crippen molar-refractivity contribution in [3.05, 3.63) is 64.1 Å². The van der Waals surface area contributed by atoms with Crippen LogP contribution >= 0.6 is 15.9 Å². The number of nitriles is 1. The Bertz CT molecular complexity index is 783. The molecule has 0 fully saturated rings. The predicted molar refractivity (Wildman–Crippen MR) is 101 cm³/mol. The smallest absolute Gasteiger partial charge is 0.261 e. The Morgan fingerprint density at radius 3 is 2.40 bits per heavy atom. The number of amides is 1. The monoisotopic (exact) mass is 400 g/mol. The summed E-state index contributed by atoms with van der Waals surface area (Å²) in [4.78, 5) is 12.7. The summed E-state index contributed by atoms with van der Waals surface area (Å²) in [5.74, 6) is 0.177. The molecule has 0 aliphatic rings. The fourth-order valence-electron chi connectivity index (χ4n) is 2.49. The zero-order valence-corrected chi connectivity index (χ0v) is 16.1. The van der Waals surface area contributed by atoms with Gasteiger partial charge >= 0.3 is 0 Å². The van der Waals surface area contributed by atoms with E-state index < -0.39 is 6.10 Å². The van der Waals surface area contributed by atoms with E-state index in [1.54, 1.807) is 24.3 Å². The van der Waals surface area contributed by atoms with Crippen molar-refractivity contribution < 1.29 is 9.53 Å². The lowest BCUT2D eigenvalue weighted by Crippen LogP contribution is -2.42. The second-order valence-corrected chi connectivity index (χ2v) is 7.00. The molecular formula is C20H21BrN2O2. The molecule has 2 unspecified atom stereocenters. The van der Waals surface area contributed by atoms with Gasteiger partial charge in [0.05, 0.1) is 11.6 Å². The molecule has 2 rings (SSSR count). The van der Waals surface area contributed by atoms with Crippen molar-refractivity contribution in [2.45, 2.75) is 32.9 Å². The van der Waals surface area contributed by atoms with E-state index in [1.165, 1.54) is 0 Å². The van der Waals surface area contributed by atoms with E-state index in [1.807, 2.05) is 45.0 Å². The number of ether oxygens (including phenoxy) is 1. The van der Waals surface area contributed by atoms with Gasteiger partial charge in [-0.05, 0) is 36.6 Å². The Morgan fingerprint density at radius 2 is 1.76 bits per heavy atom. The first-order valence-corrected chi connectivity index (χ1v) is 8.94. The third kappa shape index (κ3) is 4.83. The minimum absolute atomic E-state index is 0.0434. The molecule has 0 aromatic heterocycles. The molecule has 1 N–H and O–H groups in total. The van der Waals surface area contributed by atoms with Gasteiger partial charge in [-0.15, -0.1) is 0 Å². The zero-order valence-electron chi connectivity index (χ0n) is 14.5. The Hall–Kier alpha value is -2.32. The molecule has 0 radical (unpaired) electrons. The van der Waals surface area contributed by atoms with E-state index in [0.29, 0.717) is 11.3 Å². The summed E-state index contributed by atoms with van der Waals surface area (Å²) in [5.41, 5.74) is 1.41. The van der Waals surface area contributed by atoms with E-state index in [2.05, 4.69) is 27.3 Å². The Balaban J connectivity index is 2.16. The van der Waals surface area contributed by atoms with Gasteiger partial charge in [-0.3, -0.25) is 4.79 Å². The topological polar surface area (TPSA) is 62.1 Å². The predicted octanol–water partition coefficient (Wildman–Crippen LogP) is 4.60. The number of halogens is 1. The molecule has 0 saturated carbocycles. The molecular weight excluding hydrogens is 380 g/mol. The molecule has 0 saturated heterocycles. The molecule has 0 spiro atoms. The van der Waals surface area contributed by atoms with Gasteiger partial charge in [0.1, 0.15) is 11.8 Å². The van der Waals surface area contributed by atoms with Gasteiger partial charge < -0.3 is 10.1 Å². The van der Waals surface area contributed by atoms with Crippen LogP contribution in [0, 0.1) is 17.2 Å². The number of hydrogen-bond donors (Lipinski definition) is 1. The van der Waals surface area contributed by atoms with Crippen LogP contribution in [0.3, 0.4) is 0 Å². The van der Waals surface area contributed by atoms with Gasteiger partial charge in [0, 0.05) is 4.47 Å². The highest BCUT2D eigenvalue weighted by Gasteiger charge is 2.27. The second-order valence-electron chi connectivity index (χ2n) is 6.14. The van der Waals surface area contributed by atoms with E-state index in [-0.39, 0.29) is 17.9 Å². The fraction of sp³-hybridized carbons (Fsp3) is 0.300. The van der Waals surface area contributed by atoms with Crippen LogP contribution < -0.4 is 10.1 Å². The quantitative estimate of drug-likeness (QED) is 0.770. The van der Waals surface area contributed by atoms with E-state index >= 15 is 0 Å². The fourth-order valence-corrected chi connectivity index (χ4v) is 3.12. The maximum atomic E-state index is 12.7. The summed E-state index contributed by atoms with van der Waals surface area (Å²) in [5, 5.41) is 12.2. The number of carbonyl (C=O) groups is 1. The minimum Gasteiger partial charge on any atom is -0.479 e. The third-order valence-corrected chi connectivity index (χ3v) is 4.58. The largest absolute Gasteiger partial charge is 0.479 e. The molecule has 2 aromatic carbocycles. The second kappa shape index (κ2) is 8.68. The van der Waals surface area contributed by atoms with Gasteiger partial charge in [0.15, 0.2) is 6.10 Å². The van der Waals surface area contributed by atoms with Gasteiger partial charge in [-0.1, -0.05) is 60.1 Å². The summed E-state index contributed by atoms with van der Waals surface area (Å²) in [6.45, 7) is 5.77. The van der Waals surface area contributed by atoms with E-state index in [0.717, 1.165) is 10.0 Å². The molecule has 0 aliphatic heterocycles. The molecule has 2 atom stereocenters. The van der Waals surface area contributed by atoms with Gasteiger partial charge in [0.25, 0.3) is 5.91 Å². The van der Waals surface area contributed by atoms with Crippen molar-refractivity contribution >= 4 is 21.8 Å². The van der Waals surface area contributed by atoms with Crippen molar-refractivity contribution in [2.75, 3.05) is 0 Å². The number of nitrogens with zero attached hydrogens (tertiary/aromatic N) is 1. The number of hydrogen-bond acceptors (Lipinski definition) is 3. The van der Waals surface area contributed by atoms with Crippen molar-refractivity contribution in [1.29, 1.82) is 5.26 Å². The molecule has 0 aliphatic carbocycles. The molecule has 0 heterocycles. The Morgan fingerprint density at radius 1 is 1.12 bits per heavy atom. The van der Waals surface area contributed by atoms with Crippen molar-refractivity contribution in [3.63, 3.8) is 0 Å². The minimum atomic E-state index is -0.681. The van der Waals surface area contributed by atoms with Crippen LogP contribution in [-0.2, 0) is 4.79 Å². The number of nitrogens with one attached hydrogen (secondary N) is 1. The van der Waals surface area contributed by atoms with Gasteiger partial charge in [0.2, 0.25) is 0 Å². The molecule has 0 bridgehead atoms. The lowest BCUT2D eigenvalue weighted by Gasteiger charge is -2.25. The summed E-state index contributed by atoms with van der Waals surface area (Å²) in [7, 11) is 0. The standard InChI is InChI=1S/C20H21BrN2O2/c1-13(2)19(25-18-11-7-4-8-15(18)12-22)20(24)23-14(3)16-9-5-6-10-17(16)21/h4-11,13-14,19H,1-3H3,(H,23,24).